The quantitative estimate of drug-likeness (QED) is 0.726. The van der Waals surface area contributed by atoms with Crippen molar-refractivity contribution in [1.82, 2.24) is 4.90 Å². The Hall–Kier alpha value is -1.30. The van der Waals surface area contributed by atoms with Gasteiger partial charge in [-0.2, -0.15) is 0 Å². The standard InChI is InChI=1S/C17H29NO5/c1-12(2)11-22-17(20)18-9-7-13(8-10-18)16(19)23-15-6-4-5-14(15)21-3/h12-15H,4-11H2,1-3H3/t14-,15-/m0/s1. The first-order chi connectivity index (χ1) is 11.0. The van der Waals surface area contributed by atoms with Crippen LogP contribution in [-0.2, 0) is 19.0 Å². The fraction of sp³-hybridized carbons (Fsp3) is 0.882. The predicted octanol–water partition coefficient (Wildman–Crippen LogP) is 2.60. The third kappa shape index (κ3) is 5.09. The normalized spacial score (nSPS) is 25.7. The highest BCUT2D eigenvalue weighted by atomic mass is 16.6. The summed E-state index contributed by atoms with van der Waals surface area (Å²) in [7, 11) is 1.66. The molecule has 0 spiro atoms. The average molecular weight is 327 g/mol. The van der Waals surface area contributed by atoms with Crippen molar-refractivity contribution in [2.75, 3.05) is 26.8 Å². The molecule has 2 atom stereocenters. The molecule has 2 aliphatic rings. The number of piperidine rings is 1. The van der Waals surface area contributed by atoms with E-state index in [0.29, 0.717) is 38.5 Å². The van der Waals surface area contributed by atoms with Crippen LogP contribution in [-0.4, -0.2) is 56.0 Å². The van der Waals surface area contributed by atoms with Gasteiger partial charge in [-0.05, 0) is 38.0 Å². The van der Waals surface area contributed by atoms with Crippen molar-refractivity contribution in [3.63, 3.8) is 0 Å². The van der Waals surface area contributed by atoms with Gasteiger partial charge in [0.25, 0.3) is 0 Å². The Balaban J connectivity index is 1.73. The summed E-state index contributed by atoms with van der Waals surface area (Å²) >= 11 is 0. The highest BCUT2D eigenvalue weighted by molar-refractivity contribution is 5.73. The van der Waals surface area contributed by atoms with E-state index in [2.05, 4.69) is 0 Å². The first-order valence-corrected chi connectivity index (χ1v) is 8.66. The van der Waals surface area contributed by atoms with Crippen LogP contribution in [0.4, 0.5) is 4.79 Å². The number of hydrogen-bond donors (Lipinski definition) is 0. The van der Waals surface area contributed by atoms with Crippen LogP contribution < -0.4 is 0 Å². The van der Waals surface area contributed by atoms with Gasteiger partial charge in [0, 0.05) is 20.2 Å². The van der Waals surface area contributed by atoms with Gasteiger partial charge in [-0.25, -0.2) is 4.79 Å². The minimum atomic E-state index is -0.277. The van der Waals surface area contributed by atoms with Crippen molar-refractivity contribution in [2.45, 2.75) is 58.2 Å². The van der Waals surface area contributed by atoms with Crippen LogP contribution in [0.5, 0.6) is 0 Å². The zero-order chi connectivity index (χ0) is 16.8. The molecule has 1 amide bonds. The van der Waals surface area contributed by atoms with Crippen molar-refractivity contribution in [2.24, 2.45) is 11.8 Å². The summed E-state index contributed by atoms with van der Waals surface area (Å²) in [6, 6.07) is 0. The lowest BCUT2D eigenvalue weighted by atomic mass is 9.97. The van der Waals surface area contributed by atoms with Gasteiger partial charge < -0.3 is 19.1 Å². The Morgan fingerprint density at radius 1 is 1.09 bits per heavy atom. The van der Waals surface area contributed by atoms with Crippen molar-refractivity contribution in [1.29, 1.82) is 0 Å². The number of hydrogen-bond acceptors (Lipinski definition) is 5. The second-order valence-electron chi connectivity index (χ2n) is 6.91. The predicted molar refractivity (Wildman–Crippen MR) is 85.0 cm³/mol. The molecule has 0 unspecified atom stereocenters. The van der Waals surface area contributed by atoms with Gasteiger partial charge in [-0.1, -0.05) is 13.8 Å². The SMILES string of the molecule is CO[C@H]1CCC[C@@H]1OC(=O)C1CCN(C(=O)OCC(C)C)CC1. The lowest BCUT2D eigenvalue weighted by molar-refractivity contribution is -0.160. The van der Waals surface area contributed by atoms with Gasteiger partial charge in [0.2, 0.25) is 0 Å². The Morgan fingerprint density at radius 3 is 2.35 bits per heavy atom. The zero-order valence-corrected chi connectivity index (χ0v) is 14.5. The van der Waals surface area contributed by atoms with Gasteiger partial charge in [-0.3, -0.25) is 4.79 Å². The molecule has 0 bridgehead atoms. The van der Waals surface area contributed by atoms with Crippen LogP contribution in [0, 0.1) is 11.8 Å². The minimum absolute atomic E-state index is 0.0325. The smallest absolute Gasteiger partial charge is 0.409 e. The van der Waals surface area contributed by atoms with Crippen LogP contribution in [0.15, 0.2) is 0 Å². The van der Waals surface area contributed by atoms with Gasteiger partial charge in [0.1, 0.15) is 6.10 Å². The highest BCUT2D eigenvalue weighted by Gasteiger charge is 2.34. The fourth-order valence-electron chi connectivity index (χ4n) is 3.17. The minimum Gasteiger partial charge on any atom is -0.459 e. The largest absolute Gasteiger partial charge is 0.459 e. The van der Waals surface area contributed by atoms with Gasteiger partial charge in [-0.15, -0.1) is 0 Å². The Bertz CT molecular complexity index is 404. The summed E-state index contributed by atoms with van der Waals surface area (Å²) in [6.07, 6.45) is 3.79. The molecule has 0 radical (unpaired) electrons. The van der Waals surface area contributed by atoms with E-state index in [9.17, 15) is 9.59 Å². The molecule has 0 aromatic rings. The maximum absolute atomic E-state index is 12.3. The Labute approximate surface area is 138 Å². The molecule has 6 heteroatoms. The molecule has 1 aliphatic heterocycles. The van der Waals surface area contributed by atoms with E-state index in [1.807, 2.05) is 13.8 Å². The van der Waals surface area contributed by atoms with Crippen molar-refractivity contribution in [3.05, 3.63) is 0 Å². The van der Waals surface area contributed by atoms with Crippen LogP contribution in [0.3, 0.4) is 0 Å². The third-order valence-corrected chi connectivity index (χ3v) is 4.59. The molecule has 0 N–H and O–H groups in total. The topological polar surface area (TPSA) is 65.1 Å². The van der Waals surface area contributed by atoms with Crippen LogP contribution in [0.1, 0.15) is 46.0 Å². The summed E-state index contributed by atoms with van der Waals surface area (Å²) in [6.45, 7) is 5.54. The number of likely N-dealkylation sites (tertiary alicyclic amines) is 1. The van der Waals surface area contributed by atoms with Crippen molar-refractivity contribution >= 4 is 12.1 Å². The molecule has 132 valence electrons. The molecule has 0 aromatic carbocycles. The van der Waals surface area contributed by atoms with E-state index in [0.717, 1.165) is 19.3 Å². The Morgan fingerprint density at radius 2 is 1.74 bits per heavy atom. The van der Waals surface area contributed by atoms with E-state index < -0.39 is 0 Å². The molecule has 6 nitrogen and oxygen atoms in total. The first kappa shape index (κ1) is 18.0. The average Bonchev–Trinajstić information content (AvgIpc) is 2.99. The van der Waals surface area contributed by atoms with Gasteiger partial charge in [0.05, 0.1) is 18.6 Å². The number of methoxy groups -OCH3 is 1. The fourth-order valence-corrected chi connectivity index (χ4v) is 3.17. The number of amides is 1. The van der Waals surface area contributed by atoms with E-state index in [1.54, 1.807) is 12.0 Å². The second kappa shape index (κ2) is 8.52. The number of nitrogens with zero attached hydrogens (tertiary/aromatic N) is 1. The van der Waals surface area contributed by atoms with E-state index in [1.165, 1.54) is 0 Å². The number of ether oxygens (including phenoxy) is 3. The van der Waals surface area contributed by atoms with Crippen LogP contribution in [0.2, 0.25) is 0 Å². The lowest BCUT2D eigenvalue weighted by Gasteiger charge is -2.31. The van der Waals surface area contributed by atoms with Gasteiger partial charge >= 0.3 is 12.1 Å². The lowest BCUT2D eigenvalue weighted by Crippen LogP contribution is -2.42. The molecule has 1 saturated carbocycles. The molecule has 1 heterocycles. The summed E-state index contributed by atoms with van der Waals surface area (Å²) in [5, 5.41) is 0. The Kier molecular flexibility index (Phi) is 6.69. The molecule has 2 fully saturated rings. The molecular weight excluding hydrogens is 298 g/mol. The highest BCUT2D eigenvalue weighted by Crippen LogP contribution is 2.27. The molecule has 2 rings (SSSR count). The number of carbonyl (C=O) groups is 2. The number of esters is 1. The summed E-state index contributed by atoms with van der Waals surface area (Å²) in [5.74, 6) is 0.0583. The third-order valence-electron chi connectivity index (χ3n) is 4.59. The summed E-state index contributed by atoms with van der Waals surface area (Å²) in [5.41, 5.74) is 0. The maximum Gasteiger partial charge on any atom is 0.409 e. The van der Waals surface area contributed by atoms with Crippen molar-refractivity contribution in [3.8, 4) is 0 Å². The van der Waals surface area contributed by atoms with Crippen LogP contribution in [0.25, 0.3) is 0 Å². The first-order valence-electron chi connectivity index (χ1n) is 8.66. The van der Waals surface area contributed by atoms with E-state index in [4.69, 9.17) is 14.2 Å². The summed E-state index contributed by atoms with van der Waals surface area (Å²) < 4.78 is 16.2. The second-order valence-corrected chi connectivity index (χ2v) is 6.91. The summed E-state index contributed by atoms with van der Waals surface area (Å²) in [4.78, 5) is 25.9. The zero-order valence-electron chi connectivity index (χ0n) is 14.5. The van der Waals surface area contributed by atoms with E-state index >= 15 is 0 Å². The molecule has 1 saturated heterocycles. The monoisotopic (exact) mass is 327 g/mol. The molecule has 1 aliphatic carbocycles. The molecular formula is C17H29NO5. The maximum atomic E-state index is 12.3. The van der Waals surface area contributed by atoms with Gasteiger partial charge in [0.15, 0.2) is 0 Å². The molecule has 23 heavy (non-hydrogen) atoms. The number of carbonyl (C=O) groups excluding carboxylic acids is 2. The van der Waals surface area contributed by atoms with Crippen molar-refractivity contribution < 1.29 is 23.8 Å². The van der Waals surface area contributed by atoms with E-state index in [-0.39, 0.29) is 30.2 Å². The number of rotatable bonds is 5. The van der Waals surface area contributed by atoms with Crippen LogP contribution >= 0.6 is 0 Å². The molecule has 0 aromatic heterocycles.